The molecule has 0 aliphatic rings. The van der Waals surface area contributed by atoms with Crippen molar-refractivity contribution in [2.24, 2.45) is 0 Å². The SMILES string of the molecule is O=C(O)c1cc([N+](=O)[O-])ccc1-c1c([N+](=O)[O-])ccc2ccccc12. The van der Waals surface area contributed by atoms with Crippen LogP contribution in [-0.4, -0.2) is 20.9 Å². The van der Waals surface area contributed by atoms with Crippen LogP contribution in [0, 0.1) is 20.2 Å². The number of nitrogens with zero attached hydrogens (tertiary/aromatic N) is 2. The lowest BCUT2D eigenvalue weighted by molar-refractivity contribution is -0.385. The van der Waals surface area contributed by atoms with E-state index in [0.717, 1.165) is 12.1 Å². The Morgan fingerprint density at radius 2 is 1.64 bits per heavy atom. The summed E-state index contributed by atoms with van der Waals surface area (Å²) in [5, 5.41) is 33.0. The van der Waals surface area contributed by atoms with Crippen LogP contribution in [0.1, 0.15) is 10.4 Å². The number of carbonyl (C=O) groups is 1. The lowest BCUT2D eigenvalue weighted by Gasteiger charge is -2.10. The third-order valence-corrected chi connectivity index (χ3v) is 3.82. The van der Waals surface area contributed by atoms with Crippen LogP contribution in [0.25, 0.3) is 21.9 Å². The fraction of sp³-hybridized carbons (Fsp3) is 0. The quantitative estimate of drug-likeness (QED) is 0.566. The number of fused-ring (bicyclic) bond motifs is 1. The van der Waals surface area contributed by atoms with E-state index < -0.39 is 21.5 Å². The summed E-state index contributed by atoms with van der Waals surface area (Å²) in [4.78, 5) is 32.6. The molecule has 8 heteroatoms. The highest BCUT2D eigenvalue weighted by molar-refractivity contribution is 6.07. The molecule has 0 amide bonds. The molecule has 1 N–H and O–H groups in total. The molecule has 0 atom stereocenters. The third kappa shape index (κ3) is 2.76. The highest BCUT2D eigenvalue weighted by Gasteiger charge is 2.24. The number of carboxylic acid groups (broad SMARTS) is 1. The Kier molecular flexibility index (Phi) is 3.86. The molecule has 0 saturated heterocycles. The minimum atomic E-state index is -1.40. The number of benzene rings is 3. The van der Waals surface area contributed by atoms with E-state index in [1.807, 2.05) is 0 Å². The summed E-state index contributed by atoms with van der Waals surface area (Å²) >= 11 is 0. The maximum Gasteiger partial charge on any atom is 0.336 e. The van der Waals surface area contributed by atoms with E-state index >= 15 is 0 Å². The molecule has 0 bridgehead atoms. The summed E-state index contributed by atoms with van der Waals surface area (Å²) < 4.78 is 0. The lowest BCUT2D eigenvalue weighted by atomic mass is 9.92. The van der Waals surface area contributed by atoms with Gasteiger partial charge in [-0.25, -0.2) is 4.79 Å². The molecule has 124 valence electrons. The maximum atomic E-state index is 11.6. The molecule has 0 unspecified atom stereocenters. The van der Waals surface area contributed by atoms with Gasteiger partial charge in [-0.05, 0) is 22.9 Å². The van der Waals surface area contributed by atoms with Gasteiger partial charge in [0.05, 0.1) is 21.0 Å². The van der Waals surface area contributed by atoms with Crippen LogP contribution in [0.4, 0.5) is 11.4 Å². The third-order valence-electron chi connectivity index (χ3n) is 3.82. The Morgan fingerprint density at radius 1 is 0.920 bits per heavy atom. The van der Waals surface area contributed by atoms with Crippen molar-refractivity contribution in [1.29, 1.82) is 0 Å². The Balaban J connectivity index is 2.43. The predicted octanol–water partition coefficient (Wildman–Crippen LogP) is 4.02. The fourth-order valence-electron chi connectivity index (χ4n) is 2.74. The van der Waals surface area contributed by atoms with Crippen LogP contribution in [0.2, 0.25) is 0 Å². The number of non-ortho nitro benzene ring substituents is 1. The van der Waals surface area contributed by atoms with Crippen LogP contribution in [0.15, 0.2) is 54.6 Å². The molecule has 3 aromatic rings. The number of nitro groups is 2. The first-order valence-corrected chi connectivity index (χ1v) is 7.08. The number of rotatable bonds is 4. The van der Waals surface area contributed by atoms with Crippen LogP contribution in [0.5, 0.6) is 0 Å². The van der Waals surface area contributed by atoms with E-state index in [0.29, 0.717) is 10.8 Å². The van der Waals surface area contributed by atoms with Crippen molar-refractivity contribution in [2.75, 3.05) is 0 Å². The average molecular weight is 338 g/mol. The highest BCUT2D eigenvalue weighted by Crippen LogP contribution is 2.39. The van der Waals surface area contributed by atoms with Gasteiger partial charge in [-0.1, -0.05) is 24.3 Å². The first-order chi connectivity index (χ1) is 11.9. The van der Waals surface area contributed by atoms with Crippen LogP contribution < -0.4 is 0 Å². The van der Waals surface area contributed by atoms with Crippen LogP contribution in [-0.2, 0) is 0 Å². The summed E-state index contributed by atoms with van der Waals surface area (Å²) in [6.07, 6.45) is 0. The maximum absolute atomic E-state index is 11.6. The molecule has 25 heavy (non-hydrogen) atoms. The molecule has 8 nitrogen and oxygen atoms in total. The predicted molar refractivity (Wildman–Crippen MR) is 89.7 cm³/mol. The van der Waals surface area contributed by atoms with Crippen molar-refractivity contribution in [3.63, 3.8) is 0 Å². The molecule has 0 aromatic heterocycles. The van der Waals surface area contributed by atoms with E-state index in [4.69, 9.17) is 0 Å². The molecule has 0 heterocycles. The van der Waals surface area contributed by atoms with Crippen molar-refractivity contribution < 1.29 is 19.7 Å². The zero-order valence-electron chi connectivity index (χ0n) is 12.6. The van der Waals surface area contributed by atoms with Crippen LogP contribution in [0.3, 0.4) is 0 Å². The minimum absolute atomic E-state index is 0.0570. The van der Waals surface area contributed by atoms with Gasteiger partial charge in [-0.15, -0.1) is 0 Å². The molecular formula is C17H10N2O6. The second-order valence-corrected chi connectivity index (χ2v) is 5.23. The number of nitro benzene ring substituents is 2. The normalized spacial score (nSPS) is 10.6. The highest BCUT2D eigenvalue weighted by atomic mass is 16.6. The summed E-state index contributed by atoms with van der Waals surface area (Å²) in [5.41, 5.74) is -0.857. The number of hydrogen-bond donors (Lipinski definition) is 1. The molecular weight excluding hydrogens is 328 g/mol. The van der Waals surface area contributed by atoms with Crippen molar-refractivity contribution in [3.05, 3.63) is 80.4 Å². The van der Waals surface area contributed by atoms with E-state index in [9.17, 15) is 30.1 Å². The fourth-order valence-corrected chi connectivity index (χ4v) is 2.74. The van der Waals surface area contributed by atoms with Gasteiger partial charge in [0.25, 0.3) is 11.4 Å². The van der Waals surface area contributed by atoms with Gasteiger partial charge in [0.15, 0.2) is 0 Å². The zero-order chi connectivity index (χ0) is 18.1. The Hall–Kier alpha value is -3.81. The first kappa shape index (κ1) is 16.1. The second-order valence-electron chi connectivity index (χ2n) is 5.23. The smallest absolute Gasteiger partial charge is 0.336 e. The second kappa shape index (κ2) is 6.00. The summed E-state index contributed by atoms with van der Waals surface area (Å²) in [6, 6.07) is 13.0. The molecule has 0 spiro atoms. The molecule has 0 fully saturated rings. The first-order valence-electron chi connectivity index (χ1n) is 7.08. The van der Waals surface area contributed by atoms with E-state index in [2.05, 4.69) is 0 Å². The van der Waals surface area contributed by atoms with Crippen molar-refractivity contribution in [3.8, 4) is 11.1 Å². The van der Waals surface area contributed by atoms with Crippen LogP contribution >= 0.6 is 0 Å². The average Bonchev–Trinajstić information content (AvgIpc) is 2.59. The summed E-state index contributed by atoms with van der Waals surface area (Å²) in [5.74, 6) is -1.40. The molecule has 0 aliphatic carbocycles. The number of carboxylic acids is 1. The van der Waals surface area contributed by atoms with Gasteiger partial charge in [0.1, 0.15) is 0 Å². The van der Waals surface area contributed by atoms with Crippen molar-refractivity contribution >= 4 is 28.1 Å². The van der Waals surface area contributed by atoms with Gasteiger partial charge in [-0.2, -0.15) is 0 Å². The Bertz CT molecular complexity index is 1040. The largest absolute Gasteiger partial charge is 0.478 e. The van der Waals surface area contributed by atoms with Crippen molar-refractivity contribution in [1.82, 2.24) is 0 Å². The van der Waals surface area contributed by atoms with E-state index in [1.54, 1.807) is 30.3 Å². The molecule has 0 saturated carbocycles. The zero-order valence-corrected chi connectivity index (χ0v) is 12.6. The molecule has 3 rings (SSSR count). The Morgan fingerprint density at radius 3 is 2.28 bits per heavy atom. The van der Waals surface area contributed by atoms with E-state index in [1.165, 1.54) is 12.1 Å². The van der Waals surface area contributed by atoms with Gasteiger partial charge in [-0.3, -0.25) is 20.2 Å². The summed E-state index contributed by atoms with van der Waals surface area (Å²) in [6.45, 7) is 0. The molecule has 3 aromatic carbocycles. The number of aromatic carboxylic acids is 1. The Labute approximate surface area is 140 Å². The van der Waals surface area contributed by atoms with Gasteiger partial charge < -0.3 is 5.11 Å². The van der Waals surface area contributed by atoms with Gasteiger partial charge >= 0.3 is 5.97 Å². The number of hydrogen-bond acceptors (Lipinski definition) is 5. The summed E-state index contributed by atoms with van der Waals surface area (Å²) in [7, 11) is 0. The minimum Gasteiger partial charge on any atom is -0.478 e. The van der Waals surface area contributed by atoms with Gasteiger partial charge in [0.2, 0.25) is 0 Å². The van der Waals surface area contributed by atoms with E-state index in [-0.39, 0.29) is 22.4 Å². The molecule has 0 aliphatic heterocycles. The van der Waals surface area contributed by atoms with Crippen molar-refractivity contribution in [2.45, 2.75) is 0 Å². The topological polar surface area (TPSA) is 124 Å². The molecule has 0 radical (unpaired) electrons. The monoisotopic (exact) mass is 338 g/mol. The standard InChI is InChI=1S/C17H10N2O6/c20-17(21)14-9-11(18(22)23)6-7-13(14)16-12-4-2-1-3-10(12)5-8-15(16)19(24)25/h1-9H,(H,20,21). The van der Waals surface area contributed by atoms with Gasteiger partial charge in [0, 0.05) is 23.8 Å². The lowest BCUT2D eigenvalue weighted by Crippen LogP contribution is -2.03.